The zero-order chi connectivity index (χ0) is 17.1. The van der Waals surface area contributed by atoms with Crippen molar-refractivity contribution in [1.82, 2.24) is 15.6 Å². The van der Waals surface area contributed by atoms with Crippen LogP contribution in [-0.4, -0.2) is 44.4 Å². The molecule has 2 N–H and O–H groups in total. The van der Waals surface area contributed by atoms with E-state index < -0.39 is 0 Å². The van der Waals surface area contributed by atoms with E-state index in [9.17, 15) is 0 Å². The predicted octanol–water partition coefficient (Wildman–Crippen LogP) is 2.21. The normalized spacial score (nSPS) is 13.0. The molecule has 0 aliphatic carbocycles. The number of aliphatic imine (C=N–C) groups is 1. The summed E-state index contributed by atoms with van der Waals surface area (Å²) in [6, 6.07) is 5.71. The first-order valence-electron chi connectivity index (χ1n) is 8.16. The van der Waals surface area contributed by atoms with Gasteiger partial charge in [0.25, 0.3) is 0 Å². The third kappa shape index (κ3) is 7.32. The Balaban J connectivity index is 2.39. The molecule has 1 unspecified atom stereocenters. The van der Waals surface area contributed by atoms with Crippen molar-refractivity contribution < 1.29 is 9.47 Å². The van der Waals surface area contributed by atoms with Crippen LogP contribution in [0.25, 0.3) is 0 Å². The topological polar surface area (TPSA) is 67.8 Å². The van der Waals surface area contributed by atoms with Crippen LogP contribution in [0.2, 0.25) is 0 Å². The molecular formula is C17H30N4O2. The number of hydrogen-bond donors (Lipinski definition) is 2. The number of methoxy groups -OCH3 is 1. The lowest BCUT2D eigenvalue weighted by molar-refractivity contribution is 0.0258. The van der Waals surface area contributed by atoms with Gasteiger partial charge in [0.05, 0.1) is 25.5 Å². The van der Waals surface area contributed by atoms with Crippen LogP contribution in [0.3, 0.4) is 0 Å². The molecular weight excluding hydrogens is 292 g/mol. The number of ether oxygens (including phenoxy) is 2. The van der Waals surface area contributed by atoms with Gasteiger partial charge >= 0.3 is 0 Å². The van der Waals surface area contributed by atoms with Gasteiger partial charge in [0.2, 0.25) is 5.88 Å². The van der Waals surface area contributed by atoms with Gasteiger partial charge in [-0.05, 0) is 25.3 Å². The summed E-state index contributed by atoms with van der Waals surface area (Å²) in [7, 11) is 3.38. The first-order chi connectivity index (χ1) is 11.1. The van der Waals surface area contributed by atoms with Gasteiger partial charge in [-0.3, -0.25) is 4.99 Å². The van der Waals surface area contributed by atoms with Gasteiger partial charge in [-0.2, -0.15) is 0 Å². The van der Waals surface area contributed by atoms with Crippen LogP contribution in [0.4, 0.5) is 0 Å². The fourth-order valence-corrected chi connectivity index (χ4v) is 2.22. The number of pyridine rings is 1. The maximum absolute atomic E-state index is 5.75. The molecule has 0 fully saturated rings. The predicted molar refractivity (Wildman–Crippen MR) is 93.9 cm³/mol. The highest BCUT2D eigenvalue weighted by Gasteiger charge is 2.12. The van der Waals surface area contributed by atoms with Gasteiger partial charge in [0.1, 0.15) is 0 Å². The average molecular weight is 322 g/mol. The fourth-order valence-electron chi connectivity index (χ4n) is 2.22. The fraction of sp³-hybridized carbons (Fsp3) is 0.647. The molecule has 130 valence electrons. The second kappa shape index (κ2) is 10.8. The molecule has 6 heteroatoms. The van der Waals surface area contributed by atoms with E-state index in [0.717, 1.165) is 31.2 Å². The number of aromatic nitrogens is 1. The Morgan fingerprint density at radius 3 is 2.70 bits per heavy atom. The highest BCUT2D eigenvalue weighted by atomic mass is 16.5. The van der Waals surface area contributed by atoms with Gasteiger partial charge in [-0.25, -0.2) is 4.98 Å². The van der Waals surface area contributed by atoms with E-state index >= 15 is 0 Å². The zero-order valence-electron chi connectivity index (χ0n) is 14.9. The summed E-state index contributed by atoms with van der Waals surface area (Å²) >= 11 is 0. The maximum atomic E-state index is 5.75. The van der Waals surface area contributed by atoms with Crippen molar-refractivity contribution in [2.45, 2.75) is 39.8 Å². The maximum Gasteiger partial charge on any atom is 0.213 e. The van der Waals surface area contributed by atoms with Crippen molar-refractivity contribution in [2.24, 2.45) is 10.9 Å². The van der Waals surface area contributed by atoms with Crippen molar-refractivity contribution in [3.8, 4) is 5.88 Å². The van der Waals surface area contributed by atoms with E-state index in [4.69, 9.17) is 9.47 Å². The summed E-state index contributed by atoms with van der Waals surface area (Å²) in [6.07, 6.45) is 1.22. The Kier molecular flexibility index (Phi) is 9.05. The minimum atomic E-state index is 0.269. The molecule has 1 atom stereocenters. The van der Waals surface area contributed by atoms with Gasteiger partial charge < -0.3 is 20.1 Å². The van der Waals surface area contributed by atoms with E-state index in [2.05, 4.69) is 34.5 Å². The summed E-state index contributed by atoms with van der Waals surface area (Å²) in [5.74, 6) is 1.88. The molecule has 0 aromatic carbocycles. The summed E-state index contributed by atoms with van der Waals surface area (Å²) in [5.41, 5.74) is 0.904. The molecule has 0 aliphatic rings. The van der Waals surface area contributed by atoms with Gasteiger partial charge in [0, 0.05) is 26.3 Å². The lowest BCUT2D eigenvalue weighted by Gasteiger charge is -2.21. The molecule has 1 aromatic rings. The Labute approximate surface area is 139 Å². The minimum absolute atomic E-state index is 0.269. The molecule has 0 amide bonds. The zero-order valence-corrected chi connectivity index (χ0v) is 14.9. The lowest BCUT2D eigenvalue weighted by Crippen LogP contribution is -2.39. The number of nitrogens with one attached hydrogen (secondary N) is 2. The minimum Gasteiger partial charge on any atom is -0.481 e. The molecule has 0 spiro atoms. The number of rotatable bonds is 9. The molecule has 23 heavy (non-hydrogen) atoms. The van der Waals surface area contributed by atoms with Crippen molar-refractivity contribution in [3.63, 3.8) is 0 Å². The molecule has 0 saturated heterocycles. The molecule has 1 heterocycles. The van der Waals surface area contributed by atoms with Crippen LogP contribution in [0.1, 0.15) is 32.9 Å². The molecule has 1 rings (SSSR count). The Morgan fingerprint density at radius 1 is 1.30 bits per heavy atom. The lowest BCUT2D eigenvalue weighted by atomic mass is 10.0. The molecule has 1 aromatic heterocycles. The van der Waals surface area contributed by atoms with Crippen LogP contribution in [-0.2, 0) is 11.3 Å². The van der Waals surface area contributed by atoms with E-state index in [1.807, 2.05) is 25.1 Å². The van der Waals surface area contributed by atoms with Gasteiger partial charge in [-0.1, -0.05) is 19.9 Å². The smallest absolute Gasteiger partial charge is 0.213 e. The van der Waals surface area contributed by atoms with Crippen molar-refractivity contribution in [3.05, 3.63) is 23.9 Å². The van der Waals surface area contributed by atoms with Crippen molar-refractivity contribution in [1.29, 1.82) is 0 Å². The first kappa shape index (κ1) is 19.2. The summed E-state index contributed by atoms with van der Waals surface area (Å²) in [5, 5.41) is 6.56. The molecule has 0 radical (unpaired) electrons. The van der Waals surface area contributed by atoms with Crippen LogP contribution < -0.4 is 15.4 Å². The highest BCUT2D eigenvalue weighted by Crippen LogP contribution is 2.10. The first-order valence-corrected chi connectivity index (χ1v) is 8.16. The highest BCUT2D eigenvalue weighted by molar-refractivity contribution is 5.79. The molecule has 0 bridgehead atoms. The monoisotopic (exact) mass is 322 g/mol. The van der Waals surface area contributed by atoms with Crippen molar-refractivity contribution >= 4 is 5.96 Å². The number of nitrogens with zero attached hydrogens (tertiary/aromatic N) is 2. The number of guanidine groups is 1. The molecule has 0 saturated carbocycles. The molecule has 6 nitrogen and oxygen atoms in total. The van der Waals surface area contributed by atoms with Crippen LogP contribution in [0.15, 0.2) is 23.2 Å². The third-order valence-electron chi connectivity index (χ3n) is 3.50. The van der Waals surface area contributed by atoms with Crippen molar-refractivity contribution in [2.75, 3.05) is 27.3 Å². The Bertz CT molecular complexity index is 477. The summed E-state index contributed by atoms with van der Waals surface area (Å²) < 4.78 is 10.9. The van der Waals surface area contributed by atoms with E-state index in [0.29, 0.717) is 18.3 Å². The largest absolute Gasteiger partial charge is 0.481 e. The second-order valence-corrected chi connectivity index (χ2v) is 5.55. The number of hydrogen-bond acceptors (Lipinski definition) is 4. The summed E-state index contributed by atoms with van der Waals surface area (Å²) in [6.45, 7) is 8.55. The standard InChI is InChI=1S/C17H30N4O2/c1-6-23-15(13(2)3)10-11-19-17(18-4)20-12-14-8-7-9-16(21-14)22-5/h7-9,13,15H,6,10-12H2,1-5H3,(H2,18,19,20). The van der Waals surface area contributed by atoms with Crippen LogP contribution in [0, 0.1) is 5.92 Å². The van der Waals surface area contributed by atoms with Gasteiger partial charge in [-0.15, -0.1) is 0 Å². The van der Waals surface area contributed by atoms with E-state index in [-0.39, 0.29) is 6.10 Å². The van der Waals surface area contributed by atoms with Crippen LogP contribution in [0.5, 0.6) is 5.88 Å². The van der Waals surface area contributed by atoms with Gasteiger partial charge in [0.15, 0.2) is 5.96 Å². The third-order valence-corrected chi connectivity index (χ3v) is 3.50. The van der Waals surface area contributed by atoms with E-state index in [1.165, 1.54) is 0 Å². The second-order valence-electron chi connectivity index (χ2n) is 5.55. The van der Waals surface area contributed by atoms with Crippen LogP contribution >= 0.6 is 0 Å². The quantitative estimate of drug-likeness (QED) is 0.539. The summed E-state index contributed by atoms with van der Waals surface area (Å²) in [4.78, 5) is 8.59. The Morgan fingerprint density at radius 2 is 2.09 bits per heavy atom. The molecule has 0 aliphatic heterocycles. The Hall–Kier alpha value is -1.82. The average Bonchev–Trinajstić information content (AvgIpc) is 2.56. The van der Waals surface area contributed by atoms with E-state index in [1.54, 1.807) is 14.2 Å². The SMILES string of the molecule is CCOC(CCNC(=NC)NCc1cccc(OC)n1)C(C)C.